The average Bonchev–Trinajstić information content (AvgIpc) is 2.42. The Morgan fingerprint density at radius 3 is 2.84 bits per heavy atom. The highest BCUT2D eigenvalue weighted by Gasteiger charge is 2.24. The molecule has 0 saturated carbocycles. The number of rotatable bonds is 7. The molecule has 1 atom stereocenters. The standard InChI is InChI=1S/C13H22N4O2/c1-4-17(12(9-19-3)13(18)16-14)8-11-7-5-6-10(2)15-11/h5-7,12H,4,8-9,14H2,1-3H3,(H,16,18). The Hall–Kier alpha value is -1.50. The van der Waals surface area contributed by atoms with Crippen molar-refractivity contribution in [3.8, 4) is 0 Å². The zero-order chi connectivity index (χ0) is 14.3. The van der Waals surface area contributed by atoms with Crippen LogP contribution in [-0.4, -0.2) is 42.1 Å². The Labute approximate surface area is 113 Å². The summed E-state index contributed by atoms with van der Waals surface area (Å²) in [5.41, 5.74) is 4.06. The highest BCUT2D eigenvalue weighted by Crippen LogP contribution is 2.08. The van der Waals surface area contributed by atoms with Gasteiger partial charge in [0.1, 0.15) is 6.04 Å². The molecule has 6 heteroatoms. The maximum absolute atomic E-state index is 11.8. The van der Waals surface area contributed by atoms with Crippen molar-refractivity contribution in [2.45, 2.75) is 26.4 Å². The molecule has 0 aliphatic carbocycles. The largest absolute Gasteiger partial charge is 0.383 e. The Balaban J connectivity index is 2.82. The van der Waals surface area contributed by atoms with Gasteiger partial charge in [0.05, 0.1) is 12.3 Å². The first-order valence-electron chi connectivity index (χ1n) is 6.28. The lowest BCUT2D eigenvalue weighted by molar-refractivity contribution is -0.128. The fourth-order valence-electron chi connectivity index (χ4n) is 1.94. The van der Waals surface area contributed by atoms with E-state index in [4.69, 9.17) is 10.6 Å². The summed E-state index contributed by atoms with van der Waals surface area (Å²) in [6.07, 6.45) is 0. The van der Waals surface area contributed by atoms with Crippen molar-refractivity contribution in [1.82, 2.24) is 15.3 Å². The summed E-state index contributed by atoms with van der Waals surface area (Å²) in [5, 5.41) is 0. The van der Waals surface area contributed by atoms with Gasteiger partial charge in [-0.2, -0.15) is 0 Å². The van der Waals surface area contributed by atoms with Crippen LogP contribution in [0.15, 0.2) is 18.2 Å². The van der Waals surface area contributed by atoms with Crippen LogP contribution in [-0.2, 0) is 16.1 Å². The van der Waals surface area contributed by atoms with Crippen LogP contribution in [0.3, 0.4) is 0 Å². The van der Waals surface area contributed by atoms with Gasteiger partial charge in [0.25, 0.3) is 5.91 Å². The van der Waals surface area contributed by atoms with Gasteiger partial charge in [0, 0.05) is 19.3 Å². The summed E-state index contributed by atoms with van der Waals surface area (Å²) in [7, 11) is 1.57. The molecule has 0 fully saturated rings. The molecule has 1 aromatic rings. The SMILES string of the molecule is CCN(Cc1cccc(C)n1)C(COC)C(=O)NN. The second kappa shape index (κ2) is 7.83. The van der Waals surface area contributed by atoms with E-state index in [2.05, 4.69) is 10.4 Å². The molecule has 0 bridgehead atoms. The van der Waals surface area contributed by atoms with E-state index in [9.17, 15) is 4.79 Å². The van der Waals surface area contributed by atoms with Gasteiger partial charge in [0.15, 0.2) is 0 Å². The fraction of sp³-hybridized carbons (Fsp3) is 0.538. The van der Waals surface area contributed by atoms with E-state index >= 15 is 0 Å². The third-order valence-corrected chi connectivity index (χ3v) is 2.93. The number of aryl methyl sites for hydroxylation is 1. The van der Waals surface area contributed by atoms with Crippen LogP contribution >= 0.6 is 0 Å². The molecule has 19 heavy (non-hydrogen) atoms. The van der Waals surface area contributed by atoms with Crippen molar-refractivity contribution in [1.29, 1.82) is 0 Å². The molecule has 1 amide bonds. The predicted octanol–water partition coefficient (Wildman–Crippen LogP) is 0.217. The number of nitrogens with one attached hydrogen (secondary N) is 1. The summed E-state index contributed by atoms with van der Waals surface area (Å²) in [5.74, 6) is 4.96. The molecular weight excluding hydrogens is 244 g/mol. The maximum atomic E-state index is 11.8. The molecule has 1 aromatic heterocycles. The topological polar surface area (TPSA) is 80.5 Å². The second-order valence-corrected chi connectivity index (χ2v) is 4.31. The van der Waals surface area contributed by atoms with Crippen molar-refractivity contribution in [3.63, 3.8) is 0 Å². The number of amides is 1. The van der Waals surface area contributed by atoms with Crippen LogP contribution in [0.1, 0.15) is 18.3 Å². The highest BCUT2D eigenvalue weighted by atomic mass is 16.5. The number of hydrogen-bond acceptors (Lipinski definition) is 5. The molecule has 0 spiro atoms. The smallest absolute Gasteiger partial charge is 0.253 e. The van der Waals surface area contributed by atoms with E-state index in [1.165, 1.54) is 0 Å². The number of likely N-dealkylation sites (N-methyl/N-ethyl adjacent to an activating group) is 1. The molecule has 0 aliphatic heterocycles. The van der Waals surface area contributed by atoms with E-state index in [1.807, 2.05) is 36.9 Å². The van der Waals surface area contributed by atoms with Crippen LogP contribution in [0, 0.1) is 6.92 Å². The Morgan fingerprint density at radius 1 is 1.58 bits per heavy atom. The molecule has 0 radical (unpaired) electrons. The Kier molecular flexibility index (Phi) is 6.41. The van der Waals surface area contributed by atoms with E-state index in [1.54, 1.807) is 7.11 Å². The van der Waals surface area contributed by atoms with Crippen molar-refractivity contribution in [3.05, 3.63) is 29.6 Å². The minimum Gasteiger partial charge on any atom is -0.383 e. The lowest BCUT2D eigenvalue weighted by Crippen LogP contribution is -2.51. The van der Waals surface area contributed by atoms with Gasteiger partial charge < -0.3 is 4.74 Å². The van der Waals surface area contributed by atoms with E-state index < -0.39 is 6.04 Å². The summed E-state index contributed by atoms with van der Waals surface area (Å²) >= 11 is 0. The number of ether oxygens (including phenoxy) is 1. The van der Waals surface area contributed by atoms with Crippen molar-refractivity contribution >= 4 is 5.91 Å². The number of carbonyl (C=O) groups excluding carboxylic acids is 1. The minimum atomic E-state index is -0.415. The monoisotopic (exact) mass is 266 g/mol. The molecule has 0 aromatic carbocycles. The van der Waals surface area contributed by atoms with Gasteiger partial charge in [-0.1, -0.05) is 13.0 Å². The molecule has 0 aliphatic rings. The third kappa shape index (κ3) is 4.59. The van der Waals surface area contributed by atoms with Gasteiger partial charge in [-0.05, 0) is 25.6 Å². The van der Waals surface area contributed by atoms with E-state index in [0.29, 0.717) is 19.7 Å². The zero-order valence-corrected chi connectivity index (χ0v) is 11.7. The number of aromatic nitrogens is 1. The minimum absolute atomic E-state index is 0.253. The van der Waals surface area contributed by atoms with Crippen LogP contribution in [0.4, 0.5) is 0 Å². The maximum Gasteiger partial charge on any atom is 0.253 e. The van der Waals surface area contributed by atoms with E-state index in [-0.39, 0.29) is 5.91 Å². The predicted molar refractivity (Wildman–Crippen MR) is 73.1 cm³/mol. The third-order valence-electron chi connectivity index (χ3n) is 2.93. The summed E-state index contributed by atoms with van der Waals surface area (Å²) in [4.78, 5) is 18.2. The molecule has 1 heterocycles. The number of nitrogens with zero attached hydrogens (tertiary/aromatic N) is 2. The first kappa shape index (κ1) is 15.6. The molecule has 6 nitrogen and oxygen atoms in total. The fourth-order valence-corrected chi connectivity index (χ4v) is 1.94. The summed E-state index contributed by atoms with van der Waals surface area (Å²) in [6.45, 7) is 5.51. The lowest BCUT2D eigenvalue weighted by Gasteiger charge is -2.28. The normalized spacial score (nSPS) is 12.5. The van der Waals surface area contributed by atoms with Crippen molar-refractivity contribution in [2.75, 3.05) is 20.3 Å². The number of nitrogens with two attached hydrogens (primary N) is 1. The Morgan fingerprint density at radius 2 is 2.32 bits per heavy atom. The Bertz CT molecular complexity index is 411. The van der Waals surface area contributed by atoms with Crippen LogP contribution in [0.25, 0.3) is 0 Å². The highest BCUT2D eigenvalue weighted by molar-refractivity contribution is 5.81. The first-order valence-corrected chi connectivity index (χ1v) is 6.28. The summed E-state index contributed by atoms with van der Waals surface area (Å²) in [6, 6.07) is 5.43. The number of methoxy groups -OCH3 is 1. The molecular formula is C13H22N4O2. The van der Waals surface area contributed by atoms with Crippen molar-refractivity contribution < 1.29 is 9.53 Å². The molecule has 1 unspecified atom stereocenters. The van der Waals surface area contributed by atoms with Gasteiger partial charge in [-0.15, -0.1) is 0 Å². The zero-order valence-electron chi connectivity index (χ0n) is 11.7. The van der Waals surface area contributed by atoms with Crippen molar-refractivity contribution in [2.24, 2.45) is 5.84 Å². The molecule has 106 valence electrons. The van der Waals surface area contributed by atoms with Gasteiger partial charge in [-0.3, -0.25) is 20.1 Å². The van der Waals surface area contributed by atoms with Crippen LogP contribution < -0.4 is 11.3 Å². The summed E-state index contributed by atoms with van der Waals surface area (Å²) < 4.78 is 5.09. The average molecular weight is 266 g/mol. The van der Waals surface area contributed by atoms with Crippen LogP contribution in [0.2, 0.25) is 0 Å². The van der Waals surface area contributed by atoms with Gasteiger partial charge in [-0.25, -0.2) is 5.84 Å². The van der Waals surface area contributed by atoms with Gasteiger partial charge >= 0.3 is 0 Å². The quantitative estimate of drug-likeness (QED) is 0.419. The molecule has 1 rings (SSSR count). The number of carbonyl (C=O) groups is 1. The molecule has 0 saturated heterocycles. The second-order valence-electron chi connectivity index (χ2n) is 4.31. The molecule has 3 N–H and O–H groups in total. The number of hydrazine groups is 1. The van der Waals surface area contributed by atoms with Crippen LogP contribution in [0.5, 0.6) is 0 Å². The van der Waals surface area contributed by atoms with E-state index in [0.717, 1.165) is 11.4 Å². The number of pyridine rings is 1. The first-order chi connectivity index (χ1) is 9.12. The van der Waals surface area contributed by atoms with Gasteiger partial charge in [0.2, 0.25) is 0 Å². The number of hydrogen-bond donors (Lipinski definition) is 2. The lowest BCUT2D eigenvalue weighted by atomic mass is 10.2.